The Morgan fingerprint density at radius 2 is 2.15 bits per heavy atom. The maximum Gasteiger partial charge on any atom is 0.244 e. The summed E-state index contributed by atoms with van der Waals surface area (Å²) in [6.07, 6.45) is 3.29. The van der Waals surface area contributed by atoms with Crippen molar-refractivity contribution in [3.63, 3.8) is 0 Å². The molecule has 0 unspecified atom stereocenters. The van der Waals surface area contributed by atoms with E-state index in [0.29, 0.717) is 18.0 Å². The summed E-state index contributed by atoms with van der Waals surface area (Å²) in [7, 11) is -1.88. The molecule has 1 aromatic heterocycles. The molecule has 1 aromatic rings. The molecule has 0 aliphatic rings. The lowest BCUT2D eigenvalue weighted by Gasteiger charge is -2.14. The van der Waals surface area contributed by atoms with Crippen LogP contribution in [0.4, 0.5) is 0 Å². The van der Waals surface area contributed by atoms with Crippen molar-refractivity contribution >= 4 is 10.0 Å². The van der Waals surface area contributed by atoms with E-state index in [0.717, 1.165) is 12.2 Å². The average Bonchev–Trinajstić information content (AvgIpc) is 2.81. The van der Waals surface area contributed by atoms with Crippen molar-refractivity contribution < 1.29 is 8.42 Å². The first-order valence-corrected chi connectivity index (χ1v) is 8.27. The summed E-state index contributed by atoms with van der Waals surface area (Å²) in [5.74, 6) is 0. The molecule has 0 aliphatic carbocycles. The van der Waals surface area contributed by atoms with Crippen LogP contribution in [0.5, 0.6) is 0 Å². The van der Waals surface area contributed by atoms with Crippen LogP contribution in [0.25, 0.3) is 0 Å². The third-order valence-electron chi connectivity index (χ3n) is 3.11. The fourth-order valence-electron chi connectivity index (χ4n) is 1.97. The summed E-state index contributed by atoms with van der Waals surface area (Å²) >= 11 is 0. The summed E-state index contributed by atoms with van der Waals surface area (Å²) in [5.41, 5.74) is 0.979. The summed E-state index contributed by atoms with van der Waals surface area (Å²) in [6, 6.07) is 1.97. The number of hydrogen-bond acceptors (Lipinski definition) is 3. The largest absolute Gasteiger partial charge is 0.346 e. The molecule has 0 saturated carbocycles. The van der Waals surface area contributed by atoms with E-state index in [4.69, 9.17) is 0 Å². The normalized spacial score (nSPS) is 12.3. The molecule has 0 aliphatic heterocycles. The third-order valence-corrected chi connectivity index (χ3v) is 4.90. The standard InChI is InChI=1S/C14H25N3O2S/c1-6-8-16(5)20(18,19)14-9-13(10-15-7-2)17(11-14)12(3)4/h6,9,11-12,15H,1,7-8,10H2,2-5H3. The van der Waals surface area contributed by atoms with Crippen LogP contribution in [0.1, 0.15) is 32.5 Å². The second kappa shape index (κ2) is 7.06. The third kappa shape index (κ3) is 3.71. The van der Waals surface area contributed by atoms with Gasteiger partial charge in [-0.05, 0) is 26.5 Å². The number of nitrogens with zero attached hydrogens (tertiary/aromatic N) is 2. The molecule has 6 heteroatoms. The first kappa shape index (κ1) is 16.9. The zero-order chi connectivity index (χ0) is 15.3. The van der Waals surface area contributed by atoms with Crippen LogP contribution >= 0.6 is 0 Å². The van der Waals surface area contributed by atoms with Crippen molar-refractivity contribution in [2.75, 3.05) is 20.1 Å². The maximum absolute atomic E-state index is 12.4. The Morgan fingerprint density at radius 1 is 1.50 bits per heavy atom. The fourth-order valence-corrected chi connectivity index (χ4v) is 3.17. The van der Waals surface area contributed by atoms with Gasteiger partial charge in [-0.2, -0.15) is 4.31 Å². The summed E-state index contributed by atoms with van der Waals surface area (Å²) in [6.45, 7) is 11.5. The highest BCUT2D eigenvalue weighted by atomic mass is 32.2. The monoisotopic (exact) mass is 299 g/mol. The first-order valence-electron chi connectivity index (χ1n) is 6.83. The molecule has 5 nitrogen and oxygen atoms in total. The van der Waals surface area contributed by atoms with E-state index in [9.17, 15) is 8.42 Å². The van der Waals surface area contributed by atoms with Gasteiger partial charge < -0.3 is 9.88 Å². The lowest BCUT2D eigenvalue weighted by atomic mass is 10.3. The van der Waals surface area contributed by atoms with Gasteiger partial charge in [-0.1, -0.05) is 13.0 Å². The Bertz CT molecular complexity index is 547. The molecule has 0 spiro atoms. The SMILES string of the molecule is C=CCN(C)S(=O)(=O)c1cc(CNCC)n(C(C)C)c1. The molecule has 0 atom stereocenters. The second-order valence-corrected chi connectivity index (χ2v) is 7.07. The number of sulfonamides is 1. The van der Waals surface area contributed by atoms with Crippen molar-refractivity contribution in [3.05, 3.63) is 30.6 Å². The van der Waals surface area contributed by atoms with E-state index in [1.807, 2.05) is 25.3 Å². The van der Waals surface area contributed by atoms with Gasteiger partial charge in [-0.3, -0.25) is 0 Å². The molecule has 0 fully saturated rings. The molecule has 1 heterocycles. The summed E-state index contributed by atoms with van der Waals surface area (Å²) < 4.78 is 28.2. The quantitative estimate of drug-likeness (QED) is 0.747. The van der Waals surface area contributed by atoms with Crippen LogP contribution in [-0.4, -0.2) is 37.4 Å². The fraction of sp³-hybridized carbons (Fsp3) is 0.571. The zero-order valence-electron chi connectivity index (χ0n) is 12.8. The first-order chi connectivity index (χ1) is 9.34. The molecule has 0 radical (unpaired) electrons. The molecule has 1 N–H and O–H groups in total. The van der Waals surface area contributed by atoms with Gasteiger partial charge in [0, 0.05) is 38.1 Å². The van der Waals surface area contributed by atoms with E-state index in [1.54, 1.807) is 25.4 Å². The molecule has 114 valence electrons. The highest BCUT2D eigenvalue weighted by Crippen LogP contribution is 2.21. The minimum atomic E-state index is -3.45. The molecule has 0 saturated heterocycles. The van der Waals surface area contributed by atoms with Gasteiger partial charge in [0.15, 0.2) is 0 Å². The average molecular weight is 299 g/mol. The van der Waals surface area contributed by atoms with E-state index >= 15 is 0 Å². The number of aromatic nitrogens is 1. The lowest BCUT2D eigenvalue weighted by molar-refractivity contribution is 0.498. The van der Waals surface area contributed by atoms with Gasteiger partial charge >= 0.3 is 0 Å². The molecule has 0 aromatic carbocycles. The molecule has 0 amide bonds. The predicted octanol–water partition coefficient (Wildman–Crippen LogP) is 1.98. The number of likely N-dealkylation sites (N-methyl/N-ethyl adjacent to an activating group) is 1. The van der Waals surface area contributed by atoms with Crippen molar-refractivity contribution in [1.29, 1.82) is 0 Å². The zero-order valence-corrected chi connectivity index (χ0v) is 13.6. The molecular weight excluding hydrogens is 274 g/mol. The van der Waals surface area contributed by atoms with E-state index in [-0.39, 0.29) is 6.04 Å². The highest BCUT2D eigenvalue weighted by molar-refractivity contribution is 7.89. The van der Waals surface area contributed by atoms with Crippen LogP contribution in [0, 0.1) is 0 Å². The van der Waals surface area contributed by atoms with Gasteiger partial charge in [-0.15, -0.1) is 6.58 Å². The van der Waals surface area contributed by atoms with Crippen LogP contribution < -0.4 is 5.32 Å². The van der Waals surface area contributed by atoms with Crippen molar-refractivity contribution in [1.82, 2.24) is 14.2 Å². The topological polar surface area (TPSA) is 54.3 Å². The van der Waals surface area contributed by atoms with Gasteiger partial charge in [-0.25, -0.2) is 8.42 Å². The Labute approximate surface area is 122 Å². The lowest BCUT2D eigenvalue weighted by Crippen LogP contribution is -2.26. The molecule has 1 rings (SSSR count). The Hall–Kier alpha value is -1.11. The van der Waals surface area contributed by atoms with E-state index < -0.39 is 10.0 Å². The number of hydrogen-bond donors (Lipinski definition) is 1. The van der Waals surface area contributed by atoms with Gasteiger partial charge in [0.05, 0.1) is 0 Å². The summed E-state index contributed by atoms with van der Waals surface area (Å²) in [5, 5.41) is 3.23. The second-order valence-electron chi connectivity index (χ2n) is 5.02. The van der Waals surface area contributed by atoms with Crippen molar-refractivity contribution in [2.24, 2.45) is 0 Å². The minimum absolute atomic E-state index is 0.220. The maximum atomic E-state index is 12.4. The summed E-state index contributed by atoms with van der Waals surface area (Å²) in [4.78, 5) is 0.337. The van der Waals surface area contributed by atoms with Crippen LogP contribution in [0.3, 0.4) is 0 Å². The highest BCUT2D eigenvalue weighted by Gasteiger charge is 2.23. The molecule has 0 bridgehead atoms. The molecular formula is C14H25N3O2S. The van der Waals surface area contributed by atoms with Crippen molar-refractivity contribution in [3.8, 4) is 0 Å². The molecule has 20 heavy (non-hydrogen) atoms. The Morgan fingerprint density at radius 3 is 2.65 bits per heavy atom. The minimum Gasteiger partial charge on any atom is -0.346 e. The van der Waals surface area contributed by atoms with E-state index in [1.165, 1.54) is 4.31 Å². The van der Waals surface area contributed by atoms with Gasteiger partial charge in [0.2, 0.25) is 10.0 Å². The van der Waals surface area contributed by atoms with Gasteiger partial charge in [0.25, 0.3) is 0 Å². The van der Waals surface area contributed by atoms with E-state index in [2.05, 4.69) is 11.9 Å². The Balaban J connectivity index is 3.16. The Kier molecular flexibility index (Phi) is 5.98. The van der Waals surface area contributed by atoms with Crippen LogP contribution in [0.15, 0.2) is 29.8 Å². The predicted molar refractivity (Wildman–Crippen MR) is 82.2 cm³/mol. The van der Waals surface area contributed by atoms with Gasteiger partial charge in [0.1, 0.15) is 4.90 Å². The smallest absolute Gasteiger partial charge is 0.244 e. The number of nitrogens with one attached hydrogen (secondary N) is 1. The number of rotatable bonds is 8. The van der Waals surface area contributed by atoms with Crippen LogP contribution in [-0.2, 0) is 16.6 Å². The van der Waals surface area contributed by atoms with Crippen LogP contribution in [0.2, 0.25) is 0 Å². The van der Waals surface area contributed by atoms with Crippen molar-refractivity contribution in [2.45, 2.75) is 38.3 Å².